The number of fused-ring (bicyclic) bond motifs is 1. The van der Waals surface area contributed by atoms with E-state index >= 15 is 0 Å². The molecule has 140 valence electrons. The van der Waals surface area contributed by atoms with E-state index in [0.717, 1.165) is 46.6 Å². The summed E-state index contributed by atoms with van der Waals surface area (Å²) in [5.74, 6) is 1.03. The van der Waals surface area contributed by atoms with E-state index in [4.69, 9.17) is 10.3 Å². The predicted molar refractivity (Wildman–Crippen MR) is 111 cm³/mol. The summed E-state index contributed by atoms with van der Waals surface area (Å²) in [5, 5.41) is 5.18. The molecule has 1 saturated heterocycles. The zero-order valence-electron chi connectivity index (χ0n) is 15.5. The third kappa shape index (κ3) is 3.07. The maximum absolute atomic E-state index is 5.73. The van der Waals surface area contributed by atoms with E-state index in [2.05, 4.69) is 44.3 Å². The van der Waals surface area contributed by atoms with Crippen molar-refractivity contribution in [3.63, 3.8) is 0 Å². The summed E-state index contributed by atoms with van der Waals surface area (Å²) in [5.41, 5.74) is 10.6. The van der Waals surface area contributed by atoms with E-state index in [1.54, 1.807) is 6.20 Å². The Morgan fingerprint density at radius 1 is 0.893 bits per heavy atom. The fraction of sp³-hybridized carbons (Fsp3) is 0.227. The van der Waals surface area contributed by atoms with E-state index in [-0.39, 0.29) is 5.95 Å². The highest BCUT2D eigenvalue weighted by atomic mass is 16.5. The summed E-state index contributed by atoms with van der Waals surface area (Å²) in [6.07, 6.45) is 5.53. The van der Waals surface area contributed by atoms with Gasteiger partial charge in [0.2, 0.25) is 5.95 Å². The molecule has 1 aliphatic heterocycles. The van der Waals surface area contributed by atoms with E-state index in [9.17, 15) is 0 Å². The Hall–Kier alpha value is -3.41. The second kappa shape index (κ2) is 6.96. The molecule has 2 aromatic heterocycles. The first-order valence-electron chi connectivity index (χ1n) is 9.62. The lowest BCUT2D eigenvalue weighted by molar-refractivity contribution is 0.441. The van der Waals surface area contributed by atoms with Crippen LogP contribution < -0.4 is 10.6 Å². The van der Waals surface area contributed by atoms with Gasteiger partial charge in [-0.2, -0.15) is 0 Å². The van der Waals surface area contributed by atoms with Gasteiger partial charge < -0.3 is 15.2 Å². The molecule has 2 N–H and O–H groups in total. The van der Waals surface area contributed by atoms with Gasteiger partial charge in [0, 0.05) is 36.1 Å². The molecule has 28 heavy (non-hydrogen) atoms. The number of nitrogens with zero attached hydrogens (tertiary/aromatic N) is 4. The number of piperidine rings is 1. The monoisotopic (exact) mass is 371 g/mol. The highest BCUT2D eigenvalue weighted by Crippen LogP contribution is 2.33. The quantitative estimate of drug-likeness (QED) is 0.570. The summed E-state index contributed by atoms with van der Waals surface area (Å²) < 4.78 is 5.68. The molecule has 0 unspecified atom stereocenters. The zero-order valence-corrected chi connectivity index (χ0v) is 15.5. The Morgan fingerprint density at radius 3 is 2.46 bits per heavy atom. The number of nitrogen functional groups attached to an aromatic ring is 1. The molecule has 0 amide bonds. The van der Waals surface area contributed by atoms with Crippen LogP contribution in [-0.2, 0) is 0 Å². The third-order valence-corrected chi connectivity index (χ3v) is 5.30. The van der Waals surface area contributed by atoms with Gasteiger partial charge in [-0.15, -0.1) is 0 Å². The Kier molecular flexibility index (Phi) is 4.16. The van der Waals surface area contributed by atoms with Crippen molar-refractivity contribution in [3.8, 4) is 22.6 Å². The second-order valence-electron chi connectivity index (χ2n) is 7.14. The minimum absolute atomic E-state index is 0.261. The lowest BCUT2D eigenvalue weighted by atomic mass is 10.0. The first kappa shape index (κ1) is 16.7. The van der Waals surface area contributed by atoms with Crippen molar-refractivity contribution < 1.29 is 4.52 Å². The Bertz CT molecular complexity index is 1110. The molecule has 0 spiro atoms. The fourth-order valence-corrected chi connectivity index (χ4v) is 3.82. The number of hydrogen-bond acceptors (Lipinski definition) is 6. The van der Waals surface area contributed by atoms with Crippen molar-refractivity contribution in [2.75, 3.05) is 23.7 Å². The van der Waals surface area contributed by atoms with Gasteiger partial charge in [-0.05, 0) is 61.7 Å². The van der Waals surface area contributed by atoms with Crippen LogP contribution in [0.25, 0.3) is 33.5 Å². The maximum Gasteiger partial charge on any atom is 0.220 e. The third-order valence-electron chi connectivity index (χ3n) is 5.30. The molecule has 6 nitrogen and oxygen atoms in total. The lowest BCUT2D eigenvalue weighted by Gasteiger charge is -2.28. The van der Waals surface area contributed by atoms with Gasteiger partial charge in [0.25, 0.3) is 0 Å². The zero-order chi connectivity index (χ0) is 18.9. The molecule has 1 fully saturated rings. The smallest absolute Gasteiger partial charge is 0.220 e. The van der Waals surface area contributed by atoms with Crippen molar-refractivity contribution in [1.82, 2.24) is 15.1 Å². The summed E-state index contributed by atoms with van der Waals surface area (Å²) in [7, 11) is 0. The van der Waals surface area contributed by atoms with Crippen molar-refractivity contribution in [2.24, 2.45) is 0 Å². The Morgan fingerprint density at radius 2 is 1.68 bits per heavy atom. The first-order chi connectivity index (χ1) is 13.8. The van der Waals surface area contributed by atoms with Crippen molar-refractivity contribution in [2.45, 2.75) is 19.3 Å². The molecule has 5 rings (SSSR count). The molecular formula is C22H21N5O. The minimum atomic E-state index is 0.261. The molecule has 0 atom stereocenters. The Labute approximate surface area is 163 Å². The number of rotatable bonds is 3. The van der Waals surface area contributed by atoms with E-state index in [0.29, 0.717) is 0 Å². The van der Waals surface area contributed by atoms with Crippen LogP contribution in [0.4, 0.5) is 11.6 Å². The average molecular weight is 371 g/mol. The molecule has 0 radical (unpaired) electrons. The van der Waals surface area contributed by atoms with Gasteiger partial charge in [0.05, 0.1) is 11.1 Å². The molecule has 3 heterocycles. The molecule has 0 aliphatic carbocycles. The van der Waals surface area contributed by atoms with E-state index in [1.807, 2.05) is 24.3 Å². The topological polar surface area (TPSA) is 81.1 Å². The summed E-state index contributed by atoms with van der Waals surface area (Å²) in [6.45, 7) is 2.27. The van der Waals surface area contributed by atoms with Gasteiger partial charge in [0.1, 0.15) is 5.52 Å². The summed E-state index contributed by atoms with van der Waals surface area (Å²) in [6, 6.07) is 16.4. The summed E-state index contributed by atoms with van der Waals surface area (Å²) >= 11 is 0. The van der Waals surface area contributed by atoms with Crippen molar-refractivity contribution in [1.29, 1.82) is 0 Å². The van der Waals surface area contributed by atoms with Gasteiger partial charge in [-0.1, -0.05) is 11.2 Å². The second-order valence-corrected chi connectivity index (χ2v) is 7.14. The van der Waals surface area contributed by atoms with Crippen molar-refractivity contribution >= 4 is 22.5 Å². The molecule has 0 bridgehead atoms. The van der Waals surface area contributed by atoms with Crippen LogP contribution >= 0.6 is 0 Å². The minimum Gasteiger partial charge on any atom is -0.372 e. The number of nitrogens with two attached hydrogens (primary N) is 1. The van der Waals surface area contributed by atoms with Crippen LogP contribution in [0.2, 0.25) is 0 Å². The van der Waals surface area contributed by atoms with E-state index < -0.39 is 0 Å². The lowest BCUT2D eigenvalue weighted by Crippen LogP contribution is -2.29. The number of hydrogen-bond donors (Lipinski definition) is 1. The fourth-order valence-electron chi connectivity index (χ4n) is 3.82. The van der Waals surface area contributed by atoms with Gasteiger partial charge in [-0.25, -0.2) is 9.97 Å². The van der Waals surface area contributed by atoms with Crippen LogP contribution in [0.15, 0.2) is 59.3 Å². The molecule has 1 aliphatic rings. The highest BCUT2D eigenvalue weighted by molar-refractivity contribution is 5.94. The SMILES string of the molecule is Nc1nccc(-c2ccc3noc(-c4ccc(N5CCCCC5)cc4)c3c2)n1. The molecular weight excluding hydrogens is 350 g/mol. The van der Waals surface area contributed by atoms with Crippen LogP contribution in [0.3, 0.4) is 0 Å². The number of anilines is 2. The largest absolute Gasteiger partial charge is 0.372 e. The van der Waals surface area contributed by atoms with Crippen LogP contribution in [0.5, 0.6) is 0 Å². The average Bonchev–Trinajstić information content (AvgIpc) is 3.18. The van der Waals surface area contributed by atoms with Crippen LogP contribution in [0, 0.1) is 0 Å². The first-order valence-corrected chi connectivity index (χ1v) is 9.62. The highest BCUT2D eigenvalue weighted by Gasteiger charge is 2.15. The van der Waals surface area contributed by atoms with Gasteiger partial charge in [-0.3, -0.25) is 0 Å². The maximum atomic E-state index is 5.73. The van der Waals surface area contributed by atoms with Crippen molar-refractivity contribution in [3.05, 3.63) is 54.7 Å². The number of aromatic nitrogens is 3. The Balaban J connectivity index is 1.51. The summed E-state index contributed by atoms with van der Waals surface area (Å²) in [4.78, 5) is 10.7. The van der Waals surface area contributed by atoms with E-state index in [1.165, 1.54) is 24.9 Å². The molecule has 0 saturated carbocycles. The van der Waals surface area contributed by atoms with Gasteiger partial charge in [0.15, 0.2) is 5.76 Å². The number of benzene rings is 2. The van der Waals surface area contributed by atoms with Crippen LogP contribution in [-0.4, -0.2) is 28.2 Å². The predicted octanol–water partition coefficient (Wildman–Crippen LogP) is 4.52. The molecule has 2 aromatic carbocycles. The van der Waals surface area contributed by atoms with Gasteiger partial charge >= 0.3 is 0 Å². The molecule has 4 aromatic rings. The normalized spacial score (nSPS) is 14.5. The van der Waals surface area contributed by atoms with Crippen LogP contribution in [0.1, 0.15) is 19.3 Å². The standard InChI is InChI=1S/C22H21N5O/c23-22-24-11-10-19(25-22)16-6-9-20-18(14-16)21(28-26-20)15-4-7-17(8-5-15)27-12-2-1-3-13-27/h4-11,14H,1-3,12-13H2,(H2,23,24,25). The molecule has 6 heteroatoms.